The third kappa shape index (κ3) is 3.41. The maximum absolute atomic E-state index is 14.2. The summed E-state index contributed by atoms with van der Waals surface area (Å²) in [5, 5.41) is 5.41. The monoisotopic (exact) mass is 949 g/mol. The quantitative estimate of drug-likeness (QED) is 0.154. The third-order valence-corrected chi connectivity index (χ3v) is 14.2. The van der Waals surface area contributed by atoms with Gasteiger partial charge in [-0.1, -0.05) is 6.92 Å². The molecule has 0 saturated heterocycles. The van der Waals surface area contributed by atoms with Gasteiger partial charge < -0.3 is 15.3 Å². The van der Waals surface area contributed by atoms with E-state index in [1.54, 1.807) is 0 Å². The van der Waals surface area contributed by atoms with Gasteiger partial charge in [-0.05, 0) is 165 Å². The highest BCUT2D eigenvalue weighted by atomic mass is 79.9. The van der Waals surface area contributed by atoms with E-state index in [1.807, 2.05) is 6.07 Å². The normalized spacial score (nSPS) is 22.1. The number of aromatic amines is 2. The molecule has 2 aromatic heterocycles. The predicted molar refractivity (Wildman–Crippen MR) is 177 cm³/mol. The zero-order valence-corrected chi connectivity index (χ0v) is 30.3. The molecule has 1 spiro atoms. The summed E-state index contributed by atoms with van der Waals surface area (Å²) < 4.78 is 6.59. The summed E-state index contributed by atoms with van der Waals surface area (Å²) in [6.45, 7) is 2.20. The lowest BCUT2D eigenvalue weighted by atomic mass is 9.69. The topological polar surface area (TPSA) is 60.7 Å². The average Bonchev–Trinajstić information content (AvgIpc) is 3.51. The number of H-pyrrole nitrogens is 2. The Kier molecular flexibility index (Phi) is 6.29. The number of halogens is 7. The Bertz CT molecular complexity index is 1890. The van der Waals surface area contributed by atoms with Gasteiger partial charge >= 0.3 is 0 Å². The van der Waals surface area contributed by atoms with Crippen molar-refractivity contribution in [3.05, 3.63) is 90.2 Å². The molecule has 192 valence electrons. The van der Waals surface area contributed by atoms with Crippen molar-refractivity contribution in [2.24, 2.45) is 5.92 Å². The summed E-state index contributed by atoms with van der Waals surface area (Å²) in [5.41, 5.74) is 6.12. The van der Waals surface area contributed by atoms with Crippen LogP contribution >= 0.6 is 112 Å². The number of carbonyl (C=O) groups is 1. The molecule has 0 bridgehead atoms. The Morgan fingerprint density at radius 1 is 0.684 bits per heavy atom. The van der Waals surface area contributed by atoms with Crippen molar-refractivity contribution in [1.29, 1.82) is 0 Å². The summed E-state index contributed by atoms with van der Waals surface area (Å²) in [6, 6.07) is 12.5. The molecular formula is C27H14Br7N3O. The number of rotatable bonds is 1. The van der Waals surface area contributed by atoms with Gasteiger partial charge in [0, 0.05) is 71.5 Å². The van der Waals surface area contributed by atoms with Gasteiger partial charge in [0.2, 0.25) is 5.91 Å². The van der Waals surface area contributed by atoms with Crippen LogP contribution in [0.1, 0.15) is 35.2 Å². The number of nitrogens with one attached hydrogen (secondary N) is 3. The van der Waals surface area contributed by atoms with Crippen molar-refractivity contribution in [2.45, 2.75) is 18.3 Å². The molecule has 0 unspecified atom stereocenters. The van der Waals surface area contributed by atoms with Gasteiger partial charge in [-0.3, -0.25) is 4.79 Å². The zero-order valence-electron chi connectivity index (χ0n) is 19.2. The van der Waals surface area contributed by atoms with E-state index in [1.165, 1.54) is 0 Å². The molecule has 1 aliphatic carbocycles. The Morgan fingerprint density at radius 3 is 1.87 bits per heavy atom. The first-order valence-electron chi connectivity index (χ1n) is 11.5. The maximum atomic E-state index is 14.2. The van der Waals surface area contributed by atoms with Gasteiger partial charge in [-0.2, -0.15) is 0 Å². The highest BCUT2D eigenvalue weighted by Gasteiger charge is 2.62. The van der Waals surface area contributed by atoms with E-state index in [0.717, 1.165) is 81.3 Å². The van der Waals surface area contributed by atoms with Crippen LogP contribution in [0, 0.1) is 5.92 Å². The molecule has 0 fully saturated rings. The van der Waals surface area contributed by atoms with Crippen LogP contribution in [0.25, 0.3) is 21.8 Å². The molecule has 38 heavy (non-hydrogen) atoms. The maximum Gasteiger partial charge on any atom is 0.241 e. The van der Waals surface area contributed by atoms with Crippen molar-refractivity contribution in [2.75, 3.05) is 5.32 Å². The summed E-state index contributed by atoms with van der Waals surface area (Å²) >= 11 is 25.9. The Balaban J connectivity index is 1.62. The molecule has 3 aromatic carbocycles. The predicted octanol–water partition coefficient (Wildman–Crippen LogP) is 11.0. The third-order valence-electron chi connectivity index (χ3n) is 8.00. The molecule has 0 radical (unpaired) electrons. The smallest absolute Gasteiger partial charge is 0.241 e. The van der Waals surface area contributed by atoms with Crippen molar-refractivity contribution < 1.29 is 4.79 Å². The van der Waals surface area contributed by atoms with E-state index in [0.29, 0.717) is 0 Å². The minimum absolute atomic E-state index is 0.0154. The molecule has 1 amide bonds. The SMILES string of the molecule is C[C@H]1[C@H](c2c(Br)[nH]c3cc(Br)c(Br)cc23)c2c([nH]c3cc(Br)c(Br)cc23)[C@]12C(=O)Nc1cc(Br)c(Br)cc12. The molecule has 0 saturated carbocycles. The summed E-state index contributed by atoms with van der Waals surface area (Å²) in [7, 11) is 0. The fraction of sp³-hybridized carbons (Fsp3) is 0.148. The van der Waals surface area contributed by atoms with Gasteiger partial charge in [0.05, 0.1) is 4.60 Å². The van der Waals surface area contributed by atoms with Crippen molar-refractivity contribution in [3.63, 3.8) is 0 Å². The van der Waals surface area contributed by atoms with Crippen molar-refractivity contribution in [1.82, 2.24) is 9.97 Å². The molecule has 4 nitrogen and oxygen atoms in total. The van der Waals surface area contributed by atoms with Gasteiger partial charge in [-0.15, -0.1) is 0 Å². The van der Waals surface area contributed by atoms with E-state index < -0.39 is 5.41 Å². The average molecular weight is 956 g/mol. The van der Waals surface area contributed by atoms with E-state index in [2.05, 4.69) is 164 Å². The van der Waals surface area contributed by atoms with Crippen molar-refractivity contribution in [3.8, 4) is 0 Å². The van der Waals surface area contributed by atoms with Crippen LogP contribution in [0.15, 0.2) is 67.8 Å². The molecular weight excluding hydrogens is 942 g/mol. The van der Waals surface area contributed by atoms with Gasteiger partial charge in [-0.25, -0.2) is 0 Å². The van der Waals surface area contributed by atoms with Crippen LogP contribution in [-0.2, 0) is 10.2 Å². The van der Waals surface area contributed by atoms with Crippen LogP contribution < -0.4 is 5.32 Å². The standard InChI is InChI=1S/C27H14Br7N3O/c1-8-21(23-10-3-13(29)16(32)6-19(10)36-25(23)34)22-9-2-12(28)15(31)5-18(9)35-24(22)27(8)11-4-14(30)17(33)7-20(11)37-26(27)38/h2-8,21,35-36H,1H3,(H,37,38)/t8-,21-,27-/m0/s1. The van der Waals surface area contributed by atoms with Crippen molar-refractivity contribution >= 4 is 145 Å². The first kappa shape index (κ1) is 26.5. The number of benzene rings is 3. The van der Waals surface area contributed by atoms with Gasteiger partial charge in [0.25, 0.3) is 0 Å². The number of anilines is 1. The lowest BCUT2D eigenvalue weighted by Crippen LogP contribution is -2.40. The van der Waals surface area contributed by atoms with Crippen LogP contribution in [0.3, 0.4) is 0 Å². The second-order valence-corrected chi connectivity index (χ2v) is 15.6. The molecule has 7 rings (SSSR count). The summed E-state index contributed by atoms with van der Waals surface area (Å²) in [5.74, 6) is -0.192. The number of fused-ring (bicyclic) bond motifs is 7. The summed E-state index contributed by atoms with van der Waals surface area (Å²) in [4.78, 5) is 21.5. The molecule has 1 aliphatic heterocycles. The number of hydrogen-bond donors (Lipinski definition) is 3. The Hall–Kier alpha value is -0.430. The largest absolute Gasteiger partial charge is 0.357 e. The molecule has 3 N–H and O–H groups in total. The zero-order chi connectivity index (χ0) is 26.8. The second-order valence-electron chi connectivity index (χ2n) is 9.73. The summed E-state index contributed by atoms with van der Waals surface area (Å²) in [6.07, 6.45) is 0. The van der Waals surface area contributed by atoms with Gasteiger partial charge in [0.15, 0.2) is 0 Å². The second kappa shape index (κ2) is 9.03. The van der Waals surface area contributed by atoms with E-state index in [4.69, 9.17) is 0 Å². The van der Waals surface area contributed by atoms with Crippen LogP contribution in [0.2, 0.25) is 0 Å². The first-order chi connectivity index (χ1) is 18.0. The molecule has 2 aliphatic rings. The minimum atomic E-state index is -0.897. The molecule has 11 heteroatoms. The lowest BCUT2D eigenvalue weighted by molar-refractivity contribution is -0.120. The van der Waals surface area contributed by atoms with Crippen LogP contribution in [0.4, 0.5) is 5.69 Å². The molecule has 3 heterocycles. The first-order valence-corrected chi connectivity index (χ1v) is 17.1. The number of hydrogen-bond acceptors (Lipinski definition) is 1. The Morgan fingerprint density at radius 2 is 1.21 bits per heavy atom. The molecule has 3 atom stereocenters. The number of aromatic nitrogens is 2. The minimum Gasteiger partial charge on any atom is -0.357 e. The fourth-order valence-corrected chi connectivity index (χ4v) is 9.20. The Labute approximate surface area is 276 Å². The van der Waals surface area contributed by atoms with E-state index in [-0.39, 0.29) is 17.7 Å². The lowest BCUT2D eigenvalue weighted by Gasteiger charge is -2.31. The number of carbonyl (C=O) groups excluding carboxylic acids is 1. The van der Waals surface area contributed by atoms with E-state index >= 15 is 0 Å². The highest BCUT2D eigenvalue weighted by molar-refractivity contribution is 9.13. The fourth-order valence-electron chi connectivity index (χ4n) is 6.47. The molecule has 5 aromatic rings. The highest BCUT2D eigenvalue weighted by Crippen LogP contribution is 2.63. The van der Waals surface area contributed by atoms with E-state index in [9.17, 15) is 4.79 Å². The van der Waals surface area contributed by atoms with Crippen LogP contribution in [-0.4, -0.2) is 15.9 Å². The van der Waals surface area contributed by atoms with Gasteiger partial charge in [0.1, 0.15) is 5.41 Å². The number of amides is 1. The van der Waals surface area contributed by atoms with Crippen LogP contribution in [0.5, 0.6) is 0 Å².